The van der Waals surface area contributed by atoms with E-state index in [2.05, 4.69) is 164 Å². The highest BCUT2D eigenvalue weighted by Crippen LogP contribution is 2.49. The summed E-state index contributed by atoms with van der Waals surface area (Å²) in [6, 6.07) is 53.0. The van der Waals surface area contributed by atoms with Crippen LogP contribution in [0.5, 0.6) is 0 Å². The standard InChI is InChI=1S/C52H33BN2O3/c1-52(2,3)28-16-18-29(19-17-28)55-42-24-39-32-12-6-9-15-46(32)56-47(39)25-35(42)33-20-21-34-36-26-48-38(31-11-5-8-14-45(31)57-48)23-41(36)54-43-27-49-37(30-10-4-7-13-44(30)58-49)22-40(43)53(55)50(33)51(34)54/h4-27H,1-3H3. The van der Waals surface area contributed by atoms with E-state index < -0.39 is 0 Å². The number of hydrogen-bond acceptors (Lipinski definition) is 4. The summed E-state index contributed by atoms with van der Waals surface area (Å²) in [7, 11) is 0. The van der Waals surface area contributed by atoms with Crippen molar-refractivity contribution in [1.82, 2.24) is 4.57 Å². The van der Waals surface area contributed by atoms with Crippen LogP contribution in [0.4, 0.5) is 11.4 Å². The van der Waals surface area contributed by atoms with Crippen LogP contribution in [0.1, 0.15) is 26.3 Å². The number of furan rings is 3. The minimum Gasteiger partial charge on any atom is -0.456 e. The molecular weight excluding hydrogens is 711 g/mol. The van der Waals surface area contributed by atoms with Gasteiger partial charge >= 0.3 is 6.85 Å². The summed E-state index contributed by atoms with van der Waals surface area (Å²) in [6.07, 6.45) is 0. The van der Waals surface area contributed by atoms with Gasteiger partial charge in [0.2, 0.25) is 0 Å². The normalized spacial score (nSPS) is 13.7. The quantitative estimate of drug-likeness (QED) is 0.157. The van der Waals surface area contributed by atoms with Crippen LogP contribution < -0.4 is 15.7 Å². The van der Waals surface area contributed by atoms with E-state index in [-0.39, 0.29) is 12.3 Å². The Morgan fingerprint density at radius 1 is 0.448 bits per heavy atom. The number of hydrogen-bond donors (Lipinski definition) is 0. The van der Waals surface area contributed by atoms with Crippen molar-refractivity contribution >= 4 is 117 Å². The van der Waals surface area contributed by atoms with Crippen LogP contribution >= 0.6 is 0 Å². The van der Waals surface area contributed by atoms with Gasteiger partial charge in [-0.05, 0) is 82.1 Å². The first-order valence-corrected chi connectivity index (χ1v) is 20.1. The molecule has 0 spiro atoms. The zero-order valence-electron chi connectivity index (χ0n) is 32.1. The lowest BCUT2D eigenvalue weighted by Gasteiger charge is -2.42. The van der Waals surface area contributed by atoms with Crippen molar-refractivity contribution in [2.75, 3.05) is 4.81 Å². The molecule has 4 aromatic heterocycles. The second-order valence-corrected chi connectivity index (χ2v) is 17.3. The molecular formula is C52H33BN2O3. The van der Waals surface area contributed by atoms with Crippen LogP contribution in [0.15, 0.2) is 159 Å². The Bertz CT molecular complexity index is 3800. The zero-order chi connectivity index (χ0) is 38.2. The number of aromatic nitrogens is 1. The van der Waals surface area contributed by atoms with Crippen molar-refractivity contribution in [3.8, 4) is 16.8 Å². The van der Waals surface area contributed by atoms with E-state index in [0.29, 0.717) is 0 Å². The summed E-state index contributed by atoms with van der Waals surface area (Å²) < 4.78 is 22.3. The molecule has 58 heavy (non-hydrogen) atoms. The average Bonchev–Trinajstić information content (AvgIpc) is 3.99. The molecule has 0 atom stereocenters. The van der Waals surface area contributed by atoms with Crippen LogP contribution in [-0.4, -0.2) is 11.4 Å². The number of para-hydroxylation sites is 3. The van der Waals surface area contributed by atoms with E-state index in [1.165, 1.54) is 38.3 Å². The van der Waals surface area contributed by atoms with Gasteiger partial charge in [-0.2, -0.15) is 0 Å². The van der Waals surface area contributed by atoms with Crippen LogP contribution in [0.25, 0.3) is 104 Å². The maximum absolute atomic E-state index is 6.65. The molecule has 5 nitrogen and oxygen atoms in total. The van der Waals surface area contributed by atoms with Gasteiger partial charge in [0.15, 0.2) is 0 Å². The van der Waals surface area contributed by atoms with Gasteiger partial charge in [-0.3, -0.25) is 0 Å². The van der Waals surface area contributed by atoms with E-state index in [0.717, 1.165) is 94.0 Å². The Hall–Kier alpha value is -7.18. The third-order valence-electron chi connectivity index (χ3n) is 13.1. The van der Waals surface area contributed by atoms with Gasteiger partial charge in [-0.25, -0.2) is 0 Å². The molecule has 0 aliphatic carbocycles. The number of nitrogens with zero attached hydrogens (tertiary/aromatic N) is 2. The zero-order valence-corrected chi connectivity index (χ0v) is 32.1. The SMILES string of the molecule is CC(C)(C)c1ccc(N2B3c4cc5c(cc4-n4c6cc7c(cc6c6ccc(c3c64)-c3cc4oc6ccccc6c4cc32)oc2ccccc27)oc2ccccc25)cc1. The van der Waals surface area contributed by atoms with E-state index in [1.54, 1.807) is 0 Å². The van der Waals surface area contributed by atoms with Gasteiger partial charge in [0.1, 0.15) is 33.5 Å². The molecule has 0 unspecified atom stereocenters. The summed E-state index contributed by atoms with van der Waals surface area (Å²) >= 11 is 0. The van der Waals surface area contributed by atoms with Gasteiger partial charge in [-0.1, -0.05) is 106 Å². The third kappa shape index (κ3) is 3.83. The Kier molecular flexibility index (Phi) is 5.56. The summed E-state index contributed by atoms with van der Waals surface area (Å²) in [5.41, 5.74) is 17.4. The minimum absolute atomic E-state index is 0.0236. The molecule has 14 rings (SSSR count). The number of fused-ring (bicyclic) bond motifs is 17. The number of rotatable bonds is 1. The lowest BCUT2D eigenvalue weighted by molar-refractivity contribution is 0.590. The first kappa shape index (κ1) is 31.0. The number of benzene rings is 8. The van der Waals surface area contributed by atoms with Gasteiger partial charge in [0.05, 0.1) is 11.0 Å². The third-order valence-corrected chi connectivity index (χ3v) is 13.1. The Morgan fingerprint density at radius 3 is 1.69 bits per heavy atom. The second kappa shape index (κ2) is 10.4. The maximum atomic E-state index is 6.65. The van der Waals surface area contributed by atoms with Crippen LogP contribution in [0.2, 0.25) is 0 Å². The fourth-order valence-corrected chi connectivity index (χ4v) is 10.4. The van der Waals surface area contributed by atoms with Gasteiger partial charge in [-0.15, -0.1) is 0 Å². The Balaban J connectivity index is 1.17. The Labute approximate surface area is 332 Å². The summed E-state index contributed by atoms with van der Waals surface area (Å²) in [4.78, 5) is 2.60. The van der Waals surface area contributed by atoms with Crippen LogP contribution in [-0.2, 0) is 5.41 Å². The monoisotopic (exact) mass is 744 g/mol. The highest BCUT2D eigenvalue weighted by Gasteiger charge is 2.44. The topological polar surface area (TPSA) is 47.6 Å². The molecule has 0 fully saturated rings. The molecule has 0 saturated heterocycles. The molecule has 6 heterocycles. The molecule has 8 aromatic carbocycles. The molecule has 272 valence electrons. The average molecular weight is 745 g/mol. The fourth-order valence-electron chi connectivity index (χ4n) is 10.4. The van der Waals surface area contributed by atoms with Crippen LogP contribution in [0.3, 0.4) is 0 Å². The van der Waals surface area contributed by atoms with Crippen molar-refractivity contribution < 1.29 is 13.3 Å². The lowest BCUT2D eigenvalue weighted by Crippen LogP contribution is -2.60. The van der Waals surface area contributed by atoms with Gasteiger partial charge in [0, 0.05) is 71.8 Å². The molecule has 0 saturated carbocycles. The molecule has 0 amide bonds. The van der Waals surface area contributed by atoms with E-state index >= 15 is 0 Å². The molecule has 0 N–H and O–H groups in total. The molecule has 0 radical (unpaired) electrons. The molecule has 12 aromatic rings. The number of anilines is 2. The largest absolute Gasteiger partial charge is 0.456 e. The molecule has 6 heteroatoms. The first-order chi connectivity index (χ1) is 28.4. The van der Waals surface area contributed by atoms with E-state index in [1.807, 2.05) is 12.1 Å². The van der Waals surface area contributed by atoms with E-state index in [9.17, 15) is 0 Å². The summed E-state index contributed by atoms with van der Waals surface area (Å²) in [6.45, 7) is 6.70. The predicted octanol–water partition coefficient (Wildman–Crippen LogP) is 13.0. The van der Waals surface area contributed by atoms with Crippen molar-refractivity contribution in [2.45, 2.75) is 26.2 Å². The first-order valence-electron chi connectivity index (χ1n) is 20.1. The maximum Gasteiger partial charge on any atom is 0.333 e. The van der Waals surface area contributed by atoms with Crippen molar-refractivity contribution in [1.29, 1.82) is 0 Å². The molecule has 2 aliphatic heterocycles. The highest BCUT2D eigenvalue weighted by atomic mass is 16.3. The predicted molar refractivity (Wildman–Crippen MR) is 240 cm³/mol. The van der Waals surface area contributed by atoms with Crippen LogP contribution in [0, 0.1) is 0 Å². The van der Waals surface area contributed by atoms with Crippen molar-refractivity contribution in [2.24, 2.45) is 0 Å². The van der Waals surface area contributed by atoms with Gasteiger partial charge in [0.25, 0.3) is 0 Å². The molecule has 2 aliphatic rings. The van der Waals surface area contributed by atoms with Crippen molar-refractivity contribution in [3.63, 3.8) is 0 Å². The lowest BCUT2D eigenvalue weighted by atomic mass is 9.44. The summed E-state index contributed by atoms with van der Waals surface area (Å²) in [5, 5.41) is 9.09. The minimum atomic E-state index is -0.143. The smallest absolute Gasteiger partial charge is 0.333 e. The van der Waals surface area contributed by atoms with E-state index in [4.69, 9.17) is 13.3 Å². The Morgan fingerprint density at radius 2 is 1.03 bits per heavy atom. The van der Waals surface area contributed by atoms with Gasteiger partial charge < -0.3 is 22.6 Å². The fraction of sp³-hybridized carbons (Fsp3) is 0.0769. The highest BCUT2D eigenvalue weighted by molar-refractivity contribution is 6.94. The molecule has 0 bridgehead atoms. The second-order valence-electron chi connectivity index (χ2n) is 17.3. The summed E-state index contributed by atoms with van der Waals surface area (Å²) in [5.74, 6) is 0. The van der Waals surface area contributed by atoms with Crippen molar-refractivity contribution in [3.05, 3.63) is 151 Å².